The maximum absolute atomic E-state index is 13.2. The second-order valence-electron chi connectivity index (χ2n) is 9.04. The van der Waals surface area contributed by atoms with Gasteiger partial charge >= 0.3 is 6.18 Å². The Morgan fingerprint density at radius 1 is 0.971 bits per heavy atom. The quantitative estimate of drug-likeness (QED) is 0.671. The van der Waals surface area contributed by atoms with Gasteiger partial charge in [0.15, 0.2) is 11.5 Å². The van der Waals surface area contributed by atoms with E-state index in [9.17, 15) is 22.8 Å². The van der Waals surface area contributed by atoms with Gasteiger partial charge < -0.3 is 19.3 Å². The van der Waals surface area contributed by atoms with Crippen molar-refractivity contribution in [3.63, 3.8) is 0 Å². The summed E-state index contributed by atoms with van der Waals surface area (Å²) in [5.41, 5.74) is 0.343. The van der Waals surface area contributed by atoms with Crippen molar-refractivity contribution < 1.29 is 32.2 Å². The van der Waals surface area contributed by atoms with E-state index >= 15 is 0 Å². The number of piperidine rings is 2. The number of rotatable bonds is 3. The Morgan fingerprint density at radius 2 is 1.74 bits per heavy atom. The van der Waals surface area contributed by atoms with Gasteiger partial charge in [-0.05, 0) is 67.1 Å². The highest BCUT2D eigenvalue weighted by molar-refractivity contribution is 5.94. The van der Waals surface area contributed by atoms with Crippen LogP contribution in [0.4, 0.5) is 13.2 Å². The summed E-state index contributed by atoms with van der Waals surface area (Å²) in [5, 5.41) is 0. The number of benzene rings is 2. The number of fused-ring (bicyclic) bond motifs is 2. The topological polar surface area (TPSA) is 59.1 Å². The minimum absolute atomic E-state index is 0.0519. The smallest absolute Gasteiger partial charge is 0.416 e. The zero-order valence-corrected chi connectivity index (χ0v) is 18.5. The first-order chi connectivity index (χ1) is 16.3. The third kappa shape index (κ3) is 4.43. The highest BCUT2D eigenvalue weighted by Crippen LogP contribution is 2.35. The SMILES string of the molecule is O=C(c1ccc(C(F)(F)F)cc1)N1CC[C@@H]2[C@@H](CCCN2C(=O)Cc2ccc3c(c2)OCO3)C1. The van der Waals surface area contributed by atoms with Crippen LogP contribution in [0.3, 0.4) is 0 Å². The Bertz CT molecular complexity index is 1090. The van der Waals surface area contributed by atoms with Crippen LogP contribution in [0, 0.1) is 5.92 Å². The summed E-state index contributed by atoms with van der Waals surface area (Å²) in [7, 11) is 0. The van der Waals surface area contributed by atoms with E-state index in [2.05, 4.69) is 0 Å². The van der Waals surface area contributed by atoms with Crippen molar-refractivity contribution in [1.29, 1.82) is 0 Å². The van der Waals surface area contributed by atoms with E-state index in [4.69, 9.17) is 9.47 Å². The van der Waals surface area contributed by atoms with Gasteiger partial charge in [0, 0.05) is 31.2 Å². The van der Waals surface area contributed by atoms with Gasteiger partial charge in [0.25, 0.3) is 5.91 Å². The van der Waals surface area contributed by atoms with Crippen LogP contribution in [0.25, 0.3) is 0 Å². The lowest BCUT2D eigenvalue weighted by Crippen LogP contribution is -2.56. The van der Waals surface area contributed by atoms with Crippen LogP contribution in [0.1, 0.15) is 40.7 Å². The average molecular weight is 474 g/mol. The number of alkyl halides is 3. The number of hydrogen-bond acceptors (Lipinski definition) is 4. The Morgan fingerprint density at radius 3 is 2.50 bits per heavy atom. The van der Waals surface area contributed by atoms with E-state index in [0.29, 0.717) is 37.6 Å². The number of carbonyl (C=O) groups excluding carboxylic acids is 2. The lowest BCUT2D eigenvalue weighted by atomic mass is 9.83. The molecule has 34 heavy (non-hydrogen) atoms. The molecule has 6 nitrogen and oxygen atoms in total. The van der Waals surface area contributed by atoms with E-state index in [-0.39, 0.29) is 42.6 Å². The van der Waals surface area contributed by atoms with Gasteiger partial charge in [0.05, 0.1) is 12.0 Å². The molecule has 3 aliphatic heterocycles. The Hall–Kier alpha value is -3.23. The average Bonchev–Trinajstić information content (AvgIpc) is 3.30. The van der Waals surface area contributed by atoms with E-state index in [1.807, 2.05) is 23.1 Å². The molecule has 5 rings (SSSR count). The Kier molecular flexibility index (Phi) is 5.87. The highest BCUT2D eigenvalue weighted by Gasteiger charge is 2.39. The molecule has 2 aromatic rings. The first kappa shape index (κ1) is 22.6. The molecular weight excluding hydrogens is 449 g/mol. The van der Waals surface area contributed by atoms with Crippen LogP contribution < -0.4 is 9.47 Å². The lowest BCUT2D eigenvalue weighted by molar-refractivity contribution is -0.138. The fourth-order valence-electron chi connectivity index (χ4n) is 5.21. The Labute approximate surface area is 195 Å². The van der Waals surface area contributed by atoms with Crippen LogP contribution in [0.15, 0.2) is 42.5 Å². The monoisotopic (exact) mass is 474 g/mol. The molecule has 0 saturated carbocycles. The van der Waals surface area contributed by atoms with E-state index < -0.39 is 11.7 Å². The van der Waals surface area contributed by atoms with E-state index in [1.165, 1.54) is 12.1 Å². The van der Waals surface area contributed by atoms with Crippen LogP contribution in [0.5, 0.6) is 11.5 Å². The summed E-state index contributed by atoms with van der Waals surface area (Å²) in [6, 6.07) is 9.94. The number of nitrogens with zero attached hydrogens (tertiary/aromatic N) is 2. The maximum Gasteiger partial charge on any atom is 0.416 e. The molecule has 0 aliphatic carbocycles. The molecule has 2 fully saturated rings. The zero-order chi connectivity index (χ0) is 23.9. The van der Waals surface area contributed by atoms with Gasteiger partial charge in [0.2, 0.25) is 12.7 Å². The molecule has 3 heterocycles. The number of amides is 2. The summed E-state index contributed by atoms with van der Waals surface area (Å²) >= 11 is 0. The standard InChI is InChI=1S/C25H25F3N2O4/c26-25(27,28)19-6-4-17(5-7-19)24(32)29-11-9-20-18(14-29)2-1-10-30(20)23(31)13-16-3-8-21-22(12-16)34-15-33-21/h3-8,12,18,20H,1-2,9-11,13-15H2/t18-,20+/m0/s1. The largest absolute Gasteiger partial charge is 0.454 e. The van der Waals surface area contributed by atoms with Crippen LogP contribution in [-0.2, 0) is 17.4 Å². The van der Waals surface area contributed by atoms with Crippen molar-refractivity contribution in [3.8, 4) is 11.5 Å². The van der Waals surface area contributed by atoms with Crippen molar-refractivity contribution in [3.05, 3.63) is 59.2 Å². The van der Waals surface area contributed by atoms with Crippen molar-refractivity contribution in [2.24, 2.45) is 5.92 Å². The normalized spacial score (nSPS) is 21.9. The molecule has 3 aliphatic rings. The molecule has 2 amide bonds. The second kappa shape index (κ2) is 8.85. The highest BCUT2D eigenvalue weighted by atomic mass is 19.4. The summed E-state index contributed by atoms with van der Waals surface area (Å²) in [6.45, 7) is 1.84. The minimum atomic E-state index is -4.43. The number of hydrogen-bond donors (Lipinski definition) is 0. The summed E-state index contributed by atoms with van der Waals surface area (Å²) < 4.78 is 49.2. The molecule has 9 heteroatoms. The second-order valence-corrected chi connectivity index (χ2v) is 9.04. The van der Waals surface area contributed by atoms with Gasteiger partial charge in [-0.15, -0.1) is 0 Å². The molecule has 0 N–H and O–H groups in total. The number of carbonyl (C=O) groups is 2. The van der Waals surface area contributed by atoms with Gasteiger partial charge in [-0.2, -0.15) is 13.2 Å². The first-order valence-electron chi connectivity index (χ1n) is 11.4. The predicted molar refractivity (Wildman–Crippen MR) is 116 cm³/mol. The molecule has 0 aromatic heterocycles. The van der Waals surface area contributed by atoms with Crippen molar-refractivity contribution in [2.75, 3.05) is 26.4 Å². The fourth-order valence-corrected chi connectivity index (χ4v) is 5.21. The van der Waals surface area contributed by atoms with Crippen LogP contribution in [-0.4, -0.2) is 54.1 Å². The van der Waals surface area contributed by atoms with Crippen molar-refractivity contribution >= 4 is 11.8 Å². The molecule has 0 bridgehead atoms. The molecule has 2 saturated heterocycles. The molecule has 0 unspecified atom stereocenters. The van der Waals surface area contributed by atoms with Crippen molar-refractivity contribution in [1.82, 2.24) is 9.80 Å². The molecule has 0 spiro atoms. The van der Waals surface area contributed by atoms with Gasteiger partial charge in [-0.3, -0.25) is 9.59 Å². The van der Waals surface area contributed by atoms with Gasteiger partial charge in [0.1, 0.15) is 0 Å². The minimum Gasteiger partial charge on any atom is -0.454 e. The molecule has 2 aromatic carbocycles. The first-order valence-corrected chi connectivity index (χ1v) is 11.4. The summed E-state index contributed by atoms with van der Waals surface area (Å²) in [6.07, 6.45) is -1.73. The molecule has 0 radical (unpaired) electrons. The predicted octanol–water partition coefficient (Wildman–Crippen LogP) is 4.13. The third-order valence-corrected chi connectivity index (χ3v) is 6.93. The van der Waals surface area contributed by atoms with Gasteiger partial charge in [-0.25, -0.2) is 0 Å². The Balaban J connectivity index is 1.23. The summed E-state index contributed by atoms with van der Waals surface area (Å²) in [4.78, 5) is 29.7. The van der Waals surface area contributed by atoms with Gasteiger partial charge in [-0.1, -0.05) is 6.07 Å². The van der Waals surface area contributed by atoms with E-state index in [0.717, 1.165) is 30.5 Å². The number of ether oxygens (including phenoxy) is 2. The summed E-state index contributed by atoms with van der Waals surface area (Å²) in [5.74, 6) is 1.27. The zero-order valence-electron chi connectivity index (χ0n) is 18.5. The van der Waals surface area contributed by atoms with E-state index in [1.54, 1.807) is 4.90 Å². The van der Waals surface area contributed by atoms with Crippen LogP contribution in [0.2, 0.25) is 0 Å². The lowest BCUT2D eigenvalue weighted by Gasteiger charge is -2.47. The number of halogens is 3. The van der Waals surface area contributed by atoms with Crippen LogP contribution >= 0.6 is 0 Å². The van der Waals surface area contributed by atoms with Crippen molar-refractivity contribution in [2.45, 2.75) is 37.9 Å². The maximum atomic E-state index is 13.2. The number of likely N-dealkylation sites (tertiary alicyclic amines) is 2. The third-order valence-electron chi connectivity index (χ3n) is 6.93. The molecule has 2 atom stereocenters. The molecular formula is C25H25F3N2O4. The molecule has 180 valence electrons. The fraction of sp³-hybridized carbons (Fsp3) is 0.440.